The van der Waals surface area contributed by atoms with Crippen LogP contribution in [0.25, 0.3) is 11.0 Å². The third-order valence-electron chi connectivity index (χ3n) is 3.61. The molecule has 0 fully saturated rings. The van der Waals surface area contributed by atoms with E-state index >= 15 is 0 Å². The van der Waals surface area contributed by atoms with E-state index in [9.17, 15) is 4.79 Å². The first-order valence-electron chi connectivity index (χ1n) is 7.58. The van der Waals surface area contributed by atoms with Gasteiger partial charge in [0.15, 0.2) is 0 Å². The summed E-state index contributed by atoms with van der Waals surface area (Å²) in [4.78, 5) is 16.5. The van der Waals surface area contributed by atoms with Gasteiger partial charge in [0.05, 0.1) is 30.4 Å². The first kappa shape index (κ1) is 15.1. The van der Waals surface area contributed by atoms with E-state index in [0.29, 0.717) is 13.0 Å². The summed E-state index contributed by atoms with van der Waals surface area (Å²) in [5.74, 6) is 0.765. The van der Waals surface area contributed by atoms with Crippen molar-refractivity contribution < 1.29 is 9.53 Å². The number of carbonyl (C=O) groups excluding carboxylic acids is 1. The Morgan fingerprint density at radius 2 is 2.00 bits per heavy atom. The van der Waals surface area contributed by atoms with Crippen molar-refractivity contribution in [1.29, 1.82) is 0 Å². The van der Waals surface area contributed by atoms with Crippen LogP contribution in [-0.2, 0) is 18.3 Å². The second kappa shape index (κ2) is 6.52. The van der Waals surface area contributed by atoms with Crippen LogP contribution in [0, 0.1) is 0 Å². The number of imidazole rings is 1. The highest BCUT2D eigenvalue weighted by atomic mass is 16.5. The van der Waals surface area contributed by atoms with Crippen molar-refractivity contribution >= 4 is 22.6 Å². The number of rotatable bonds is 5. The Hall–Kier alpha value is -2.82. The van der Waals surface area contributed by atoms with Gasteiger partial charge in [0.25, 0.3) is 0 Å². The van der Waals surface area contributed by atoms with E-state index in [0.717, 1.165) is 28.0 Å². The fraction of sp³-hybridized carbons (Fsp3) is 0.222. The highest BCUT2D eigenvalue weighted by Crippen LogP contribution is 2.18. The maximum Gasteiger partial charge on any atom is 0.228 e. The quantitative estimate of drug-likeness (QED) is 0.787. The fourth-order valence-electron chi connectivity index (χ4n) is 2.47. The molecule has 1 heterocycles. The Morgan fingerprint density at radius 3 is 2.74 bits per heavy atom. The second-order valence-corrected chi connectivity index (χ2v) is 5.36. The summed E-state index contributed by atoms with van der Waals surface area (Å²) < 4.78 is 7.34. The minimum Gasteiger partial charge on any atom is -0.494 e. The average molecular weight is 309 g/mol. The molecule has 0 atom stereocenters. The molecule has 118 valence electrons. The van der Waals surface area contributed by atoms with Crippen molar-refractivity contribution in [3.05, 3.63) is 54.4 Å². The molecule has 0 radical (unpaired) electrons. The molecule has 3 aromatic rings. The lowest BCUT2D eigenvalue weighted by molar-refractivity contribution is -0.115. The lowest BCUT2D eigenvalue weighted by Gasteiger charge is -2.07. The van der Waals surface area contributed by atoms with Crippen LogP contribution in [0.1, 0.15) is 12.5 Å². The molecule has 0 unspecified atom stereocenters. The molecule has 3 rings (SSSR count). The summed E-state index contributed by atoms with van der Waals surface area (Å²) in [6.07, 6.45) is 2.09. The van der Waals surface area contributed by atoms with Crippen molar-refractivity contribution in [2.24, 2.45) is 7.05 Å². The SMILES string of the molecule is CCOc1ccc(CC(=O)Nc2ccc3c(c2)ncn3C)cc1. The third-order valence-corrected chi connectivity index (χ3v) is 3.61. The largest absolute Gasteiger partial charge is 0.494 e. The van der Waals surface area contributed by atoms with Gasteiger partial charge in [-0.05, 0) is 42.8 Å². The van der Waals surface area contributed by atoms with Gasteiger partial charge in [-0.3, -0.25) is 4.79 Å². The number of benzene rings is 2. The van der Waals surface area contributed by atoms with Crippen LogP contribution < -0.4 is 10.1 Å². The molecule has 0 aliphatic carbocycles. The molecule has 0 spiro atoms. The second-order valence-electron chi connectivity index (χ2n) is 5.36. The van der Waals surface area contributed by atoms with Gasteiger partial charge in [0.2, 0.25) is 5.91 Å². The number of aryl methyl sites for hydroxylation is 1. The number of amides is 1. The predicted octanol–water partition coefficient (Wildman–Crippen LogP) is 3.15. The lowest BCUT2D eigenvalue weighted by Crippen LogP contribution is -2.14. The van der Waals surface area contributed by atoms with Crippen molar-refractivity contribution in [2.75, 3.05) is 11.9 Å². The van der Waals surface area contributed by atoms with Crippen LogP contribution in [0.2, 0.25) is 0 Å². The summed E-state index contributed by atoms with van der Waals surface area (Å²) >= 11 is 0. The van der Waals surface area contributed by atoms with E-state index in [1.807, 2.05) is 61.0 Å². The van der Waals surface area contributed by atoms with E-state index < -0.39 is 0 Å². The minimum atomic E-state index is -0.0514. The van der Waals surface area contributed by atoms with E-state index in [1.165, 1.54) is 0 Å². The topological polar surface area (TPSA) is 56.1 Å². The number of hydrogen-bond donors (Lipinski definition) is 1. The molecular formula is C18H19N3O2. The van der Waals surface area contributed by atoms with E-state index in [1.54, 1.807) is 6.33 Å². The maximum absolute atomic E-state index is 12.2. The number of carbonyl (C=O) groups is 1. The zero-order chi connectivity index (χ0) is 16.2. The zero-order valence-corrected chi connectivity index (χ0v) is 13.2. The number of fused-ring (bicyclic) bond motifs is 1. The molecule has 23 heavy (non-hydrogen) atoms. The Labute approximate surface area is 134 Å². The first-order valence-corrected chi connectivity index (χ1v) is 7.58. The zero-order valence-electron chi connectivity index (χ0n) is 13.2. The van der Waals surface area contributed by atoms with E-state index in [-0.39, 0.29) is 5.91 Å². The van der Waals surface area contributed by atoms with Gasteiger partial charge in [-0.2, -0.15) is 0 Å². The van der Waals surface area contributed by atoms with Crippen LogP contribution in [0.5, 0.6) is 5.75 Å². The van der Waals surface area contributed by atoms with Crippen LogP contribution in [-0.4, -0.2) is 22.1 Å². The van der Waals surface area contributed by atoms with Crippen molar-refractivity contribution in [3.8, 4) is 5.75 Å². The van der Waals surface area contributed by atoms with Gasteiger partial charge >= 0.3 is 0 Å². The van der Waals surface area contributed by atoms with Crippen molar-refractivity contribution in [1.82, 2.24) is 9.55 Å². The van der Waals surface area contributed by atoms with Gasteiger partial charge in [0, 0.05) is 12.7 Å². The molecule has 0 aliphatic heterocycles. The number of nitrogens with zero attached hydrogens (tertiary/aromatic N) is 2. The normalized spacial score (nSPS) is 10.7. The molecule has 5 heteroatoms. The summed E-state index contributed by atoms with van der Waals surface area (Å²) in [5, 5.41) is 2.91. The monoisotopic (exact) mass is 309 g/mol. The number of hydrogen-bond acceptors (Lipinski definition) is 3. The Morgan fingerprint density at radius 1 is 1.22 bits per heavy atom. The molecule has 1 aromatic heterocycles. The summed E-state index contributed by atoms with van der Waals surface area (Å²) in [7, 11) is 1.94. The van der Waals surface area contributed by atoms with Crippen LogP contribution in [0.4, 0.5) is 5.69 Å². The van der Waals surface area contributed by atoms with Gasteiger partial charge in [0.1, 0.15) is 5.75 Å². The van der Waals surface area contributed by atoms with Gasteiger partial charge in [-0.1, -0.05) is 12.1 Å². The average Bonchev–Trinajstić information content (AvgIpc) is 2.90. The maximum atomic E-state index is 12.2. The van der Waals surface area contributed by atoms with Crippen molar-refractivity contribution in [2.45, 2.75) is 13.3 Å². The first-order chi connectivity index (χ1) is 11.2. The highest BCUT2D eigenvalue weighted by molar-refractivity contribution is 5.94. The summed E-state index contributed by atoms with van der Waals surface area (Å²) in [6, 6.07) is 13.3. The van der Waals surface area contributed by atoms with Gasteiger partial charge in [-0.25, -0.2) is 4.98 Å². The number of anilines is 1. The molecule has 0 aliphatic rings. The molecule has 5 nitrogen and oxygen atoms in total. The Bertz CT molecular complexity index is 822. The summed E-state index contributed by atoms with van der Waals surface area (Å²) in [6.45, 7) is 2.58. The standard InChI is InChI=1S/C18H19N3O2/c1-3-23-15-7-4-13(5-8-15)10-18(22)20-14-6-9-17-16(11-14)19-12-21(17)2/h4-9,11-12H,3,10H2,1-2H3,(H,20,22). The molecule has 2 aromatic carbocycles. The third kappa shape index (κ3) is 3.51. The predicted molar refractivity (Wildman–Crippen MR) is 90.7 cm³/mol. The van der Waals surface area contributed by atoms with Crippen molar-refractivity contribution in [3.63, 3.8) is 0 Å². The molecular weight excluding hydrogens is 290 g/mol. The van der Waals surface area contributed by atoms with Crippen LogP contribution in [0.15, 0.2) is 48.8 Å². The Kier molecular flexibility index (Phi) is 4.28. The van der Waals surface area contributed by atoms with Gasteiger partial charge in [-0.15, -0.1) is 0 Å². The minimum absolute atomic E-state index is 0.0514. The van der Waals surface area contributed by atoms with E-state index in [2.05, 4.69) is 10.3 Å². The van der Waals surface area contributed by atoms with Crippen LogP contribution >= 0.6 is 0 Å². The fourth-order valence-corrected chi connectivity index (χ4v) is 2.47. The lowest BCUT2D eigenvalue weighted by atomic mass is 10.1. The summed E-state index contributed by atoms with van der Waals surface area (Å²) in [5.41, 5.74) is 3.61. The molecule has 0 saturated heterocycles. The molecule has 1 N–H and O–H groups in total. The molecule has 0 bridgehead atoms. The number of nitrogens with one attached hydrogen (secondary N) is 1. The highest BCUT2D eigenvalue weighted by Gasteiger charge is 2.06. The van der Waals surface area contributed by atoms with E-state index in [4.69, 9.17) is 4.74 Å². The molecule has 1 amide bonds. The number of aromatic nitrogens is 2. The van der Waals surface area contributed by atoms with Gasteiger partial charge < -0.3 is 14.6 Å². The smallest absolute Gasteiger partial charge is 0.228 e. The Balaban J connectivity index is 1.65. The number of ether oxygens (including phenoxy) is 1. The molecule has 0 saturated carbocycles. The van der Waals surface area contributed by atoms with Crippen LogP contribution in [0.3, 0.4) is 0 Å².